The topological polar surface area (TPSA) is 71.2 Å². The number of amides is 1. The molecule has 0 atom stereocenters. The maximum Gasteiger partial charge on any atom is 0.271 e. The Morgan fingerprint density at radius 2 is 1.90 bits per heavy atom. The Balaban J connectivity index is 1.94. The predicted molar refractivity (Wildman–Crippen MR) is 83.0 cm³/mol. The zero-order valence-electron chi connectivity index (χ0n) is 10.2. The fourth-order valence-electron chi connectivity index (χ4n) is 1.42. The van der Waals surface area contributed by atoms with E-state index in [9.17, 15) is 9.59 Å². The van der Waals surface area contributed by atoms with Gasteiger partial charge in [0.1, 0.15) is 11.4 Å². The minimum Gasteiger partial charge on any atom is -0.484 e. The molecule has 20 heavy (non-hydrogen) atoms. The first-order chi connectivity index (χ1) is 9.54. The van der Waals surface area contributed by atoms with Gasteiger partial charge in [-0.15, -0.1) is 0 Å². The van der Waals surface area contributed by atoms with Gasteiger partial charge < -0.3 is 15.0 Å². The normalized spacial score (nSPS) is 10.1. The van der Waals surface area contributed by atoms with Crippen molar-refractivity contribution in [3.05, 3.63) is 55.8 Å². The molecule has 0 aliphatic heterocycles. The second kappa shape index (κ2) is 6.71. The smallest absolute Gasteiger partial charge is 0.271 e. The molecule has 5 nitrogen and oxygen atoms in total. The largest absolute Gasteiger partial charge is 0.484 e. The number of aromatic amines is 1. The summed E-state index contributed by atoms with van der Waals surface area (Å²) in [7, 11) is 0. The van der Waals surface area contributed by atoms with Crippen molar-refractivity contribution < 1.29 is 9.53 Å². The monoisotopic (exact) mass is 400 g/mol. The van der Waals surface area contributed by atoms with Crippen molar-refractivity contribution in [1.29, 1.82) is 0 Å². The van der Waals surface area contributed by atoms with Gasteiger partial charge >= 0.3 is 0 Å². The third kappa shape index (κ3) is 4.21. The lowest BCUT2D eigenvalue weighted by molar-refractivity contribution is -0.118. The number of rotatable bonds is 4. The molecule has 0 saturated heterocycles. The van der Waals surface area contributed by atoms with Crippen molar-refractivity contribution in [2.24, 2.45) is 0 Å². The number of carbonyl (C=O) groups excluding carboxylic acids is 1. The van der Waals surface area contributed by atoms with Gasteiger partial charge in [0.05, 0.1) is 0 Å². The fraction of sp³-hybridized carbons (Fsp3) is 0.0769. The Morgan fingerprint density at radius 1 is 1.20 bits per heavy atom. The van der Waals surface area contributed by atoms with Crippen LogP contribution in [0.1, 0.15) is 0 Å². The minimum atomic E-state index is -0.406. The van der Waals surface area contributed by atoms with E-state index in [1.165, 1.54) is 12.3 Å². The highest BCUT2D eigenvalue weighted by molar-refractivity contribution is 9.10. The first kappa shape index (κ1) is 14.8. The van der Waals surface area contributed by atoms with Gasteiger partial charge in [0, 0.05) is 15.1 Å². The van der Waals surface area contributed by atoms with Gasteiger partial charge in [0.25, 0.3) is 11.5 Å². The Bertz CT molecular complexity index is 668. The molecule has 0 bridgehead atoms. The van der Waals surface area contributed by atoms with Gasteiger partial charge in [-0.3, -0.25) is 9.59 Å². The average Bonchev–Trinajstić information content (AvgIpc) is 2.42. The molecule has 1 amide bonds. The molecule has 1 heterocycles. The van der Waals surface area contributed by atoms with Gasteiger partial charge in [-0.1, -0.05) is 15.9 Å². The number of halogens is 2. The van der Waals surface area contributed by atoms with Gasteiger partial charge in [-0.25, -0.2) is 0 Å². The number of ether oxygens (including phenoxy) is 1. The Kier molecular flexibility index (Phi) is 4.97. The SMILES string of the molecule is O=C(COc1ccc(Br)cc1)Nc1cc(Br)c[nH]c1=O. The van der Waals surface area contributed by atoms with Crippen LogP contribution in [-0.2, 0) is 4.79 Å². The third-order valence-corrected chi connectivity index (χ3v) is 3.31. The Hall–Kier alpha value is -1.60. The van der Waals surface area contributed by atoms with Crippen LogP contribution in [0, 0.1) is 0 Å². The van der Waals surface area contributed by atoms with Gasteiger partial charge in [-0.05, 0) is 46.3 Å². The number of hydrogen-bond acceptors (Lipinski definition) is 3. The van der Waals surface area contributed by atoms with E-state index in [0.29, 0.717) is 10.2 Å². The summed E-state index contributed by atoms with van der Waals surface area (Å²) in [5.74, 6) is 0.169. The number of pyridine rings is 1. The number of hydrogen-bond donors (Lipinski definition) is 2. The van der Waals surface area contributed by atoms with E-state index in [4.69, 9.17) is 4.74 Å². The quantitative estimate of drug-likeness (QED) is 0.827. The van der Waals surface area contributed by atoms with E-state index >= 15 is 0 Å². The molecule has 2 aromatic rings. The molecule has 0 aliphatic carbocycles. The van der Waals surface area contributed by atoms with Gasteiger partial charge in [0.2, 0.25) is 0 Å². The standard InChI is InChI=1S/C13H10Br2N2O3/c14-8-1-3-10(4-2-8)20-7-12(18)17-11-5-9(15)6-16-13(11)19/h1-6H,7H2,(H,16,19)(H,17,18). The van der Waals surface area contributed by atoms with Crippen molar-refractivity contribution in [2.45, 2.75) is 0 Å². The minimum absolute atomic E-state index is 0.170. The number of benzene rings is 1. The van der Waals surface area contributed by atoms with E-state index < -0.39 is 5.91 Å². The van der Waals surface area contributed by atoms with Crippen molar-refractivity contribution in [3.63, 3.8) is 0 Å². The van der Waals surface area contributed by atoms with E-state index in [2.05, 4.69) is 42.2 Å². The molecule has 1 aromatic carbocycles. The summed E-state index contributed by atoms with van der Waals surface area (Å²) in [5, 5.41) is 2.49. The maximum absolute atomic E-state index is 11.7. The summed E-state index contributed by atoms with van der Waals surface area (Å²) in [6, 6.07) is 8.63. The summed E-state index contributed by atoms with van der Waals surface area (Å²) >= 11 is 6.52. The van der Waals surface area contributed by atoms with Crippen LogP contribution < -0.4 is 15.6 Å². The summed E-state index contributed by atoms with van der Waals surface area (Å²) in [4.78, 5) is 25.7. The van der Waals surface area contributed by atoms with Crippen molar-refractivity contribution in [1.82, 2.24) is 4.98 Å². The van der Waals surface area contributed by atoms with E-state index in [0.717, 1.165) is 4.47 Å². The average molecular weight is 402 g/mol. The lowest BCUT2D eigenvalue weighted by Gasteiger charge is -2.07. The molecule has 0 aliphatic rings. The van der Waals surface area contributed by atoms with Crippen LogP contribution in [0.2, 0.25) is 0 Å². The second-order valence-electron chi connectivity index (χ2n) is 3.85. The zero-order valence-corrected chi connectivity index (χ0v) is 13.3. The van der Waals surface area contributed by atoms with Crippen LogP contribution in [-0.4, -0.2) is 17.5 Å². The van der Waals surface area contributed by atoms with Crippen LogP contribution in [0.5, 0.6) is 5.75 Å². The number of anilines is 1. The van der Waals surface area contributed by atoms with Gasteiger partial charge in [0.15, 0.2) is 6.61 Å². The van der Waals surface area contributed by atoms with Crippen molar-refractivity contribution in [2.75, 3.05) is 11.9 Å². The molecule has 104 valence electrons. The van der Waals surface area contributed by atoms with E-state index in [1.54, 1.807) is 12.1 Å². The number of carbonyl (C=O) groups is 1. The molecular formula is C13H10Br2N2O3. The maximum atomic E-state index is 11.7. The molecular weight excluding hydrogens is 392 g/mol. The third-order valence-electron chi connectivity index (χ3n) is 2.33. The predicted octanol–water partition coefficient (Wildman–Crippen LogP) is 2.92. The van der Waals surface area contributed by atoms with Gasteiger partial charge in [-0.2, -0.15) is 0 Å². The van der Waals surface area contributed by atoms with Crippen LogP contribution >= 0.6 is 31.9 Å². The van der Waals surface area contributed by atoms with Crippen molar-refractivity contribution >= 4 is 43.5 Å². The lowest BCUT2D eigenvalue weighted by atomic mass is 10.3. The molecule has 0 spiro atoms. The first-order valence-electron chi connectivity index (χ1n) is 5.61. The molecule has 0 radical (unpaired) electrons. The summed E-state index contributed by atoms with van der Waals surface area (Å²) in [6.45, 7) is -0.173. The molecule has 1 aromatic heterocycles. The van der Waals surface area contributed by atoms with E-state index in [-0.39, 0.29) is 17.9 Å². The number of aromatic nitrogens is 1. The highest BCUT2D eigenvalue weighted by atomic mass is 79.9. The van der Waals surface area contributed by atoms with Crippen molar-refractivity contribution in [3.8, 4) is 5.75 Å². The number of nitrogens with one attached hydrogen (secondary N) is 2. The summed E-state index contributed by atoms with van der Waals surface area (Å²) < 4.78 is 6.90. The second-order valence-corrected chi connectivity index (χ2v) is 5.68. The molecule has 2 N–H and O–H groups in total. The highest BCUT2D eigenvalue weighted by Crippen LogP contribution is 2.16. The lowest BCUT2D eigenvalue weighted by Crippen LogP contribution is -2.24. The number of H-pyrrole nitrogens is 1. The van der Waals surface area contributed by atoms with Crippen LogP contribution in [0.4, 0.5) is 5.69 Å². The Labute approximate surface area is 131 Å². The Morgan fingerprint density at radius 3 is 2.60 bits per heavy atom. The molecule has 0 unspecified atom stereocenters. The fourth-order valence-corrected chi connectivity index (χ4v) is 2.02. The summed E-state index contributed by atoms with van der Waals surface area (Å²) in [6.07, 6.45) is 1.50. The molecule has 2 rings (SSSR count). The highest BCUT2D eigenvalue weighted by Gasteiger charge is 2.07. The molecule has 0 saturated carbocycles. The van der Waals surface area contributed by atoms with Crippen LogP contribution in [0.3, 0.4) is 0 Å². The van der Waals surface area contributed by atoms with Crippen LogP contribution in [0.25, 0.3) is 0 Å². The first-order valence-corrected chi connectivity index (χ1v) is 7.19. The van der Waals surface area contributed by atoms with E-state index in [1.807, 2.05) is 12.1 Å². The molecule has 7 heteroatoms. The zero-order chi connectivity index (χ0) is 14.5. The molecule has 0 fully saturated rings. The summed E-state index contributed by atoms with van der Waals surface area (Å²) in [5.41, 5.74) is -0.200. The van der Waals surface area contributed by atoms with Crippen LogP contribution in [0.15, 0.2) is 50.3 Å².